The lowest BCUT2D eigenvalue weighted by Crippen LogP contribution is -2.17. The van der Waals surface area contributed by atoms with Crippen molar-refractivity contribution in [2.45, 2.75) is 32.6 Å². The highest BCUT2D eigenvalue weighted by Gasteiger charge is 2.24. The molecule has 0 aromatic carbocycles. The van der Waals surface area contributed by atoms with Crippen LogP contribution in [0.25, 0.3) is 0 Å². The molecule has 0 bridgehead atoms. The maximum Gasteiger partial charge on any atom is 0.209 e. The van der Waals surface area contributed by atoms with E-state index in [-0.39, 0.29) is 5.78 Å². The summed E-state index contributed by atoms with van der Waals surface area (Å²) in [5.41, 5.74) is 3.00. The van der Waals surface area contributed by atoms with E-state index in [2.05, 4.69) is 28.0 Å². The molecule has 0 spiro atoms. The average Bonchev–Trinajstić information content (AvgIpc) is 2.50. The monoisotopic (exact) mass is 267 g/mol. The first-order chi connectivity index (χ1) is 9.78. The Bertz CT molecular complexity index is 628. The largest absolute Gasteiger partial charge is 0.287 e. The van der Waals surface area contributed by atoms with Crippen LogP contribution in [0, 0.1) is 5.92 Å². The summed E-state index contributed by atoms with van der Waals surface area (Å²) in [6.07, 6.45) is 12.8. The van der Waals surface area contributed by atoms with Crippen LogP contribution in [0.5, 0.6) is 0 Å². The van der Waals surface area contributed by atoms with Crippen LogP contribution in [0.4, 0.5) is 0 Å². The number of nitrogens with zero attached hydrogens (tertiary/aromatic N) is 3. The Morgan fingerprint density at radius 2 is 2.15 bits per heavy atom. The number of hydrogen-bond donors (Lipinski definition) is 0. The Hall–Kier alpha value is -2.10. The van der Waals surface area contributed by atoms with Crippen LogP contribution in [0.2, 0.25) is 0 Å². The first kappa shape index (κ1) is 12.9. The molecule has 0 saturated heterocycles. The van der Waals surface area contributed by atoms with Crippen molar-refractivity contribution in [1.82, 2.24) is 9.97 Å². The van der Waals surface area contributed by atoms with Crippen LogP contribution in [0.15, 0.2) is 40.8 Å². The van der Waals surface area contributed by atoms with Crippen molar-refractivity contribution < 1.29 is 4.79 Å². The molecule has 2 aliphatic rings. The fourth-order valence-electron chi connectivity index (χ4n) is 2.59. The van der Waals surface area contributed by atoms with Crippen molar-refractivity contribution in [3.05, 3.63) is 47.2 Å². The smallest absolute Gasteiger partial charge is 0.209 e. The molecule has 1 aliphatic carbocycles. The molecule has 20 heavy (non-hydrogen) atoms. The lowest BCUT2D eigenvalue weighted by Gasteiger charge is -2.16. The Balaban J connectivity index is 1.89. The predicted octanol–water partition coefficient (Wildman–Crippen LogP) is 2.92. The summed E-state index contributed by atoms with van der Waals surface area (Å²) in [5.74, 6) is 0.527. The minimum absolute atomic E-state index is 0.00549. The SMILES string of the molecule is CCC1C=C(/C=C2\CCc3nccnc3C2=O)N=CC1. The fourth-order valence-corrected chi connectivity index (χ4v) is 2.59. The number of carbonyl (C=O) groups is 1. The molecule has 4 heteroatoms. The normalized spacial score (nSPS) is 23.6. The molecule has 3 rings (SSSR count). The Kier molecular flexibility index (Phi) is 3.54. The van der Waals surface area contributed by atoms with Gasteiger partial charge in [-0.3, -0.25) is 14.8 Å². The van der Waals surface area contributed by atoms with E-state index in [1.54, 1.807) is 12.4 Å². The molecule has 1 unspecified atom stereocenters. The second-order valence-electron chi connectivity index (χ2n) is 5.16. The van der Waals surface area contributed by atoms with E-state index < -0.39 is 0 Å². The number of Topliss-reactive ketones (excluding diaryl/α,β-unsaturated/α-hetero) is 1. The van der Waals surface area contributed by atoms with Crippen LogP contribution in [0.3, 0.4) is 0 Å². The van der Waals surface area contributed by atoms with Gasteiger partial charge < -0.3 is 0 Å². The van der Waals surface area contributed by atoms with Gasteiger partial charge in [-0.2, -0.15) is 0 Å². The Labute approximate surface area is 118 Å². The van der Waals surface area contributed by atoms with Crippen molar-refractivity contribution in [3.8, 4) is 0 Å². The average molecular weight is 267 g/mol. The number of fused-ring (bicyclic) bond motifs is 1. The van der Waals surface area contributed by atoms with Gasteiger partial charge >= 0.3 is 0 Å². The highest BCUT2D eigenvalue weighted by atomic mass is 16.1. The molecule has 1 aromatic heterocycles. The third-order valence-corrected chi connectivity index (χ3v) is 3.81. The van der Waals surface area contributed by atoms with Gasteiger partial charge in [0.05, 0.1) is 11.4 Å². The standard InChI is InChI=1S/C16H17N3O/c1-2-11-5-6-17-13(9-11)10-12-3-4-14-15(16(12)20)19-8-7-18-14/h6-11H,2-5H2,1H3/b12-10+. The quantitative estimate of drug-likeness (QED) is 0.774. The van der Waals surface area contributed by atoms with Gasteiger partial charge in [0.25, 0.3) is 0 Å². The molecular formula is C16H17N3O. The second kappa shape index (κ2) is 5.49. The first-order valence-corrected chi connectivity index (χ1v) is 7.07. The van der Waals surface area contributed by atoms with Gasteiger partial charge in [-0.1, -0.05) is 13.0 Å². The number of aryl methyl sites for hydroxylation is 1. The molecular weight excluding hydrogens is 250 g/mol. The highest BCUT2D eigenvalue weighted by Crippen LogP contribution is 2.25. The number of hydrogen-bond acceptors (Lipinski definition) is 4. The molecule has 2 heterocycles. The molecule has 0 N–H and O–H groups in total. The molecule has 0 fully saturated rings. The van der Waals surface area contributed by atoms with Crippen LogP contribution >= 0.6 is 0 Å². The van der Waals surface area contributed by atoms with Crippen molar-refractivity contribution in [2.75, 3.05) is 0 Å². The number of ketones is 1. The number of aliphatic imine (C=N–C) groups is 1. The summed E-state index contributed by atoms with van der Waals surface area (Å²) in [7, 11) is 0. The first-order valence-electron chi connectivity index (χ1n) is 7.07. The highest BCUT2D eigenvalue weighted by molar-refractivity contribution is 6.09. The van der Waals surface area contributed by atoms with E-state index in [1.165, 1.54) is 0 Å². The summed E-state index contributed by atoms with van der Waals surface area (Å²) >= 11 is 0. The van der Waals surface area contributed by atoms with Crippen LogP contribution < -0.4 is 0 Å². The number of allylic oxidation sites excluding steroid dienone is 3. The molecule has 0 saturated carbocycles. The minimum Gasteiger partial charge on any atom is -0.287 e. The van der Waals surface area contributed by atoms with E-state index in [9.17, 15) is 4.79 Å². The van der Waals surface area contributed by atoms with Crippen LogP contribution in [0.1, 0.15) is 42.4 Å². The molecule has 102 valence electrons. The van der Waals surface area contributed by atoms with Crippen LogP contribution in [-0.2, 0) is 6.42 Å². The summed E-state index contributed by atoms with van der Waals surface area (Å²) in [6.45, 7) is 2.17. The van der Waals surface area contributed by atoms with Gasteiger partial charge in [-0.25, -0.2) is 4.98 Å². The van der Waals surface area contributed by atoms with E-state index >= 15 is 0 Å². The fraction of sp³-hybridized carbons (Fsp3) is 0.375. The van der Waals surface area contributed by atoms with Gasteiger partial charge in [0, 0.05) is 24.2 Å². The van der Waals surface area contributed by atoms with Crippen molar-refractivity contribution in [1.29, 1.82) is 0 Å². The number of carbonyl (C=O) groups excluding carboxylic acids is 1. The summed E-state index contributed by atoms with van der Waals surface area (Å²) < 4.78 is 0. The molecule has 1 atom stereocenters. The van der Waals surface area contributed by atoms with Crippen molar-refractivity contribution in [3.63, 3.8) is 0 Å². The maximum atomic E-state index is 12.4. The molecule has 0 amide bonds. The van der Waals surface area contributed by atoms with Gasteiger partial charge in [0.1, 0.15) is 5.69 Å². The molecule has 1 aliphatic heterocycles. The van der Waals surface area contributed by atoms with Gasteiger partial charge in [0.2, 0.25) is 5.78 Å². The third kappa shape index (κ3) is 2.46. The predicted molar refractivity (Wildman–Crippen MR) is 77.7 cm³/mol. The summed E-state index contributed by atoms with van der Waals surface area (Å²) in [5, 5.41) is 0. The zero-order valence-electron chi connectivity index (χ0n) is 11.5. The molecule has 1 aromatic rings. The topological polar surface area (TPSA) is 55.2 Å². The second-order valence-corrected chi connectivity index (χ2v) is 5.16. The lowest BCUT2D eigenvalue weighted by atomic mass is 9.92. The number of rotatable bonds is 2. The number of aromatic nitrogens is 2. The Morgan fingerprint density at radius 3 is 3.00 bits per heavy atom. The zero-order chi connectivity index (χ0) is 13.9. The van der Waals surface area contributed by atoms with E-state index in [4.69, 9.17) is 0 Å². The lowest BCUT2D eigenvalue weighted by molar-refractivity contribution is 0.101. The van der Waals surface area contributed by atoms with Crippen molar-refractivity contribution >= 4 is 12.0 Å². The Morgan fingerprint density at radius 1 is 1.30 bits per heavy atom. The zero-order valence-corrected chi connectivity index (χ0v) is 11.5. The minimum atomic E-state index is -0.00549. The molecule has 0 radical (unpaired) electrons. The van der Waals surface area contributed by atoms with Gasteiger partial charge in [0.15, 0.2) is 0 Å². The van der Waals surface area contributed by atoms with Gasteiger partial charge in [-0.15, -0.1) is 0 Å². The summed E-state index contributed by atoms with van der Waals surface area (Å²) in [6, 6.07) is 0. The molecule has 4 nitrogen and oxygen atoms in total. The maximum absolute atomic E-state index is 12.4. The van der Waals surface area contributed by atoms with E-state index in [1.807, 2.05) is 12.3 Å². The summed E-state index contributed by atoms with van der Waals surface area (Å²) in [4.78, 5) is 25.2. The van der Waals surface area contributed by atoms with Crippen LogP contribution in [-0.4, -0.2) is 22.0 Å². The van der Waals surface area contributed by atoms with E-state index in [0.717, 1.165) is 36.2 Å². The van der Waals surface area contributed by atoms with Gasteiger partial charge in [-0.05, 0) is 37.7 Å². The van der Waals surface area contributed by atoms with E-state index in [0.29, 0.717) is 18.0 Å². The third-order valence-electron chi connectivity index (χ3n) is 3.81. The van der Waals surface area contributed by atoms with Crippen molar-refractivity contribution in [2.24, 2.45) is 10.9 Å².